The summed E-state index contributed by atoms with van der Waals surface area (Å²) in [6.45, 7) is 10.8. The Hall–Kier alpha value is -0.860. The lowest BCUT2D eigenvalue weighted by Gasteiger charge is -2.40. The minimum Gasteiger partial charge on any atom is -0.385 e. The second-order valence-electron chi connectivity index (χ2n) is 6.44. The van der Waals surface area contributed by atoms with E-state index >= 15 is 0 Å². The Bertz CT molecular complexity index is 400. The van der Waals surface area contributed by atoms with Gasteiger partial charge >= 0.3 is 0 Å². The van der Waals surface area contributed by atoms with Gasteiger partial charge in [-0.2, -0.15) is 0 Å². The summed E-state index contributed by atoms with van der Waals surface area (Å²) >= 11 is 0. The number of piperidine rings is 1. The van der Waals surface area contributed by atoms with E-state index in [4.69, 9.17) is 0 Å². The quantitative estimate of drug-likeness (QED) is 0.900. The highest BCUT2D eigenvalue weighted by atomic mass is 16.3. The molecule has 0 atom stereocenters. The molecule has 0 unspecified atom stereocenters. The molecular formula is C17H27NO. The topological polar surface area (TPSA) is 23.5 Å². The first-order valence-corrected chi connectivity index (χ1v) is 7.49. The number of hydrogen-bond acceptors (Lipinski definition) is 2. The molecule has 1 heterocycles. The van der Waals surface area contributed by atoms with Crippen molar-refractivity contribution in [2.45, 2.75) is 58.1 Å². The van der Waals surface area contributed by atoms with Crippen LogP contribution in [0, 0.1) is 0 Å². The van der Waals surface area contributed by atoms with Crippen LogP contribution < -0.4 is 0 Å². The van der Waals surface area contributed by atoms with Gasteiger partial charge in [0.05, 0.1) is 5.60 Å². The van der Waals surface area contributed by atoms with Crippen molar-refractivity contribution >= 4 is 0 Å². The maximum absolute atomic E-state index is 10.8. The Morgan fingerprint density at radius 3 is 1.95 bits per heavy atom. The van der Waals surface area contributed by atoms with Crippen LogP contribution in [0.4, 0.5) is 0 Å². The molecule has 0 aliphatic carbocycles. The van der Waals surface area contributed by atoms with E-state index in [9.17, 15) is 5.11 Å². The molecule has 1 aromatic carbocycles. The molecule has 0 amide bonds. The van der Waals surface area contributed by atoms with Gasteiger partial charge in [0, 0.05) is 19.1 Å². The zero-order valence-electron chi connectivity index (χ0n) is 12.7. The molecular weight excluding hydrogens is 234 g/mol. The van der Waals surface area contributed by atoms with Gasteiger partial charge in [-0.05, 0) is 43.7 Å². The van der Waals surface area contributed by atoms with E-state index in [0.717, 1.165) is 31.5 Å². The van der Waals surface area contributed by atoms with Gasteiger partial charge in [-0.3, -0.25) is 0 Å². The number of likely N-dealkylation sites (tertiary alicyclic amines) is 1. The van der Waals surface area contributed by atoms with Gasteiger partial charge in [-0.15, -0.1) is 0 Å². The van der Waals surface area contributed by atoms with E-state index in [1.165, 1.54) is 5.56 Å². The monoisotopic (exact) mass is 261 g/mol. The maximum Gasteiger partial charge on any atom is 0.0920 e. The zero-order valence-corrected chi connectivity index (χ0v) is 12.7. The first-order chi connectivity index (χ1) is 8.92. The van der Waals surface area contributed by atoms with Crippen LogP contribution in [0.3, 0.4) is 0 Å². The summed E-state index contributed by atoms with van der Waals surface area (Å²) in [5, 5.41) is 10.8. The maximum atomic E-state index is 10.8. The van der Waals surface area contributed by atoms with Crippen LogP contribution in [-0.4, -0.2) is 29.1 Å². The first-order valence-electron chi connectivity index (χ1n) is 7.49. The Balaban J connectivity index is 2.09. The summed E-state index contributed by atoms with van der Waals surface area (Å²) in [6, 6.07) is 9.12. The fourth-order valence-corrected chi connectivity index (χ4v) is 2.88. The number of benzene rings is 1. The molecule has 1 aliphatic rings. The van der Waals surface area contributed by atoms with Gasteiger partial charge in [-0.25, -0.2) is 0 Å². The smallest absolute Gasteiger partial charge is 0.0920 e. The number of rotatable bonds is 3. The van der Waals surface area contributed by atoms with Crippen molar-refractivity contribution in [3.8, 4) is 0 Å². The molecule has 2 heteroatoms. The second-order valence-corrected chi connectivity index (χ2v) is 6.44. The second kappa shape index (κ2) is 5.64. The predicted molar refractivity (Wildman–Crippen MR) is 80.4 cm³/mol. The molecule has 19 heavy (non-hydrogen) atoms. The molecule has 1 saturated heterocycles. The molecule has 1 N–H and O–H groups in total. The van der Waals surface area contributed by atoms with Crippen LogP contribution in [0.5, 0.6) is 0 Å². The molecule has 0 saturated carbocycles. The molecule has 1 aromatic rings. The van der Waals surface area contributed by atoms with Gasteiger partial charge in [0.2, 0.25) is 0 Å². The molecule has 0 bridgehead atoms. The summed E-state index contributed by atoms with van der Waals surface area (Å²) < 4.78 is 0. The highest BCUT2D eigenvalue weighted by Crippen LogP contribution is 2.33. The van der Waals surface area contributed by atoms with Gasteiger partial charge in [0.1, 0.15) is 0 Å². The van der Waals surface area contributed by atoms with Crippen molar-refractivity contribution in [2.75, 3.05) is 13.1 Å². The third-order valence-electron chi connectivity index (χ3n) is 4.47. The van der Waals surface area contributed by atoms with Gasteiger partial charge in [0.25, 0.3) is 0 Å². The summed E-state index contributed by atoms with van der Waals surface area (Å²) in [5.74, 6) is 0.548. The van der Waals surface area contributed by atoms with E-state index in [0.29, 0.717) is 12.0 Å². The third-order valence-corrected chi connectivity index (χ3v) is 4.47. The Morgan fingerprint density at radius 2 is 1.53 bits per heavy atom. The average molecular weight is 261 g/mol. The predicted octanol–water partition coefficient (Wildman–Crippen LogP) is 3.50. The summed E-state index contributed by atoms with van der Waals surface area (Å²) in [7, 11) is 0. The Morgan fingerprint density at radius 1 is 1.00 bits per heavy atom. The van der Waals surface area contributed by atoms with Crippen molar-refractivity contribution in [3.63, 3.8) is 0 Å². The molecule has 2 rings (SSSR count). The Kier molecular flexibility index (Phi) is 4.32. The number of aliphatic hydroxyl groups is 1. The van der Waals surface area contributed by atoms with Crippen LogP contribution in [-0.2, 0) is 5.60 Å². The van der Waals surface area contributed by atoms with Crippen molar-refractivity contribution in [2.24, 2.45) is 0 Å². The highest BCUT2D eigenvalue weighted by Gasteiger charge is 2.34. The van der Waals surface area contributed by atoms with Crippen LogP contribution in [0.1, 0.15) is 57.6 Å². The van der Waals surface area contributed by atoms with Crippen LogP contribution in [0.25, 0.3) is 0 Å². The van der Waals surface area contributed by atoms with Crippen LogP contribution >= 0.6 is 0 Å². The Labute approximate surface area is 117 Å². The van der Waals surface area contributed by atoms with Crippen LogP contribution in [0.15, 0.2) is 24.3 Å². The van der Waals surface area contributed by atoms with Crippen molar-refractivity contribution in [3.05, 3.63) is 35.4 Å². The SMILES string of the molecule is CC(C)c1ccc(C2(O)CCN(C(C)C)CC2)cc1. The molecule has 0 spiro atoms. The largest absolute Gasteiger partial charge is 0.385 e. The highest BCUT2D eigenvalue weighted by molar-refractivity contribution is 5.29. The summed E-state index contributed by atoms with van der Waals surface area (Å²) in [6.07, 6.45) is 1.68. The van der Waals surface area contributed by atoms with E-state index in [1.54, 1.807) is 0 Å². The summed E-state index contributed by atoms with van der Waals surface area (Å²) in [4.78, 5) is 2.44. The normalized spacial score (nSPS) is 20.2. The first kappa shape index (κ1) is 14.5. The van der Waals surface area contributed by atoms with E-state index in [2.05, 4.69) is 56.9 Å². The molecule has 2 nitrogen and oxygen atoms in total. The van der Waals surface area contributed by atoms with E-state index < -0.39 is 5.60 Å². The van der Waals surface area contributed by atoms with Gasteiger partial charge in [0.15, 0.2) is 0 Å². The zero-order chi connectivity index (χ0) is 14.0. The summed E-state index contributed by atoms with van der Waals surface area (Å²) in [5.41, 5.74) is 1.80. The average Bonchev–Trinajstić information content (AvgIpc) is 2.39. The minimum absolute atomic E-state index is 0.548. The minimum atomic E-state index is -0.624. The number of nitrogens with zero attached hydrogens (tertiary/aromatic N) is 1. The van der Waals surface area contributed by atoms with E-state index in [1.807, 2.05) is 0 Å². The van der Waals surface area contributed by atoms with Crippen LogP contribution in [0.2, 0.25) is 0 Å². The van der Waals surface area contributed by atoms with Crippen molar-refractivity contribution < 1.29 is 5.11 Å². The molecule has 1 aliphatic heterocycles. The fraction of sp³-hybridized carbons (Fsp3) is 0.647. The molecule has 0 aromatic heterocycles. The third kappa shape index (κ3) is 3.18. The molecule has 0 radical (unpaired) electrons. The van der Waals surface area contributed by atoms with E-state index in [-0.39, 0.29) is 0 Å². The molecule has 106 valence electrons. The standard InChI is InChI=1S/C17H27NO/c1-13(2)15-5-7-16(8-6-15)17(19)9-11-18(12-10-17)14(3)4/h5-8,13-14,19H,9-12H2,1-4H3. The number of hydrogen-bond donors (Lipinski definition) is 1. The van der Waals surface area contributed by atoms with Crippen molar-refractivity contribution in [1.29, 1.82) is 0 Å². The van der Waals surface area contributed by atoms with Gasteiger partial charge in [-0.1, -0.05) is 38.1 Å². The van der Waals surface area contributed by atoms with Crippen molar-refractivity contribution in [1.82, 2.24) is 4.90 Å². The lowest BCUT2D eigenvalue weighted by atomic mass is 9.83. The van der Waals surface area contributed by atoms with Gasteiger partial charge < -0.3 is 10.0 Å². The lowest BCUT2D eigenvalue weighted by molar-refractivity contribution is -0.0323. The lowest BCUT2D eigenvalue weighted by Crippen LogP contribution is -2.45. The molecule has 1 fully saturated rings. The fourth-order valence-electron chi connectivity index (χ4n) is 2.88.